The quantitative estimate of drug-likeness (QED) is 0.305. The summed E-state index contributed by atoms with van der Waals surface area (Å²) in [7, 11) is 2.12. The molecule has 220 valence electrons. The average Bonchev–Trinajstić information content (AvgIpc) is 3.76. The van der Waals surface area contributed by atoms with Gasteiger partial charge >= 0.3 is 6.09 Å². The topological polar surface area (TPSA) is 113 Å². The molecule has 42 heavy (non-hydrogen) atoms. The van der Waals surface area contributed by atoms with E-state index in [0.29, 0.717) is 41.4 Å². The predicted molar refractivity (Wildman–Crippen MR) is 160 cm³/mol. The van der Waals surface area contributed by atoms with Gasteiger partial charge in [0.1, 0.15) is 24.1 Å². The van der Waals surface area contributed by atoms with Gasteiger partial charge in [-0.05, 0) is 44.2 Å². The number of fused-ring (bicyclic) bond motifs is 5. The van der Waals surface area contributed by atoms with Crippen molar-refractivity contribution in [3.63, 3.8) is 0 Å². The number of nitrogens with zero attached hydrogens (tertiary/aromatic N) is 1. The molecule has 3 aliphatic rings. The third-order valence-corrected chi connectivity index (χ3v) is 8.71. The molecule has 3 heterocycles. The van der Waals surface area contributed by atoms with Gasteiger partial charge in [0.2, 0.25) is 5.91 Å². The standard InChI is InChI=1S/C33H37N3O6/c1-4-40-29-15-23(12-10-22(29)18-37)34-32(38)19(2)21-11-13-25(20-8-6-5-7-9-20)26(14-21)35-33(39)41-24-16-27-30-31(42-30)28(17-24)36(27)3/h5-15,19,24,27-28,30-31,37H,4,16-18H2,1-3H3,(H,34,38)(H,35,39). The highest BCUT2D eigenvalue weighted by molar-refractivity contribution is 5.97. The van der Waals surface area contributed by atoms with Crippen molar-refractivity contribution >= 4 is 23.4 Å². The van der Waals surface area contributed by atoms with E-state index in [2.05, 4.69) is 22.6 Å². The molecule has 3 N–H and O–H groups in total. The number of morpholine rings is 1. The lowest BCUT2D eigenvalue weighted by molar-refractivity contribution is -0.117. The number of aliphatic hydroxyl groups excluding tert-OH is 1. The van der Waals surface area contributed by atoms with Crippen molar-refractivity contribution in [3.8, 4) is 16.9 Å². The SMILES string of the molecule is CCOc1cc(NC(=O)C(C)c2ccc(-c3ccccc3)c(NC(=O)OC3CC4C5OC5C(C3)N4C)c2)ccc1CO. The Labute approximate surface area is 245 Å². The van der Waals surface area contributed by atoms with Gasteiger partial charge in [0.15, 0.2) is 0 Å². The molecule has 0 saturated carbocycles. The molecule has 6 rings (SSSR count). The van der Waals surface area contributed by atoms with Crippen molar-refractivity contribution in [1.29, 1.82) is 0 Å². The van der Waals surface area contributed by atoms with E-state index in [1.807, 2.05) is 62.4 Å². The molecule has 0 aliphatic carbocycles. The van der Waals surface area contributed by atoms with Gasteiger partial charge in [0, 0.05) is 47.8 Å². The minimum absolute atomic E-state index is 0.152. The molecule has 0 radical (unpaired) electrons. The summed E-state index contributed by atoms with van der Waals surface area (Å²) in [6.45, 7) is 3.98. The van der Waals surface area contributed by atoms with E-state index in [1.54, 1.807) is 18.2 Å². The maximum atomic E-state index is 13.3. The second kappa shape index (κ2) is 11.8. The number of anilines is 2. The van der Waals surface area contributed by atoms with Crippen molar-refractivity contribution in [3.05, 3.63) is 77.9 Å². The lowest BCUT2D eigenvalue weighted by Gasteiger charge is -2.37. The minimum Gasteiger partial charge on any atom is -0.493 e. The monoisotopic (exact) mass is 571 g/mol. The maximum Gasteiger partial charge on any atom is 0.411 e. The van der Waals surface area contributed by atoms with Crippen LogP contribution in [0.5, 0.6) is 5.75 Å². The maximum absolute atomic E-state index is 13.3. The van der Waals surface area contributed by atoms with Crippen LogP contribution in [-0.4, -0.2) is 66.1 Å². The number of hydrogen-bond donors (Lipinski definition) is 3. The van der Waals surface area contributed by atoms with Crippen LogP contribution in [0.4, 0.5) is 16.2 Å². The fourth-order valence-electron chi connectivity index (χ4n) is 6.35. The summed E-state index contributed by atoms with van der Waals surface area (Å²) < 4.78 is 17.3. The van der Waals surface area contributed by atoms with Crippen LogP contribution in [0.25, 0.3) is 11.1 Å². The second-order valence-corrected chi connectivity index (χ2v) is 11.3. The van der Waals surface area contributed by atoms with Gasteiger partial charge in [-0.2, -0.15) is 0 Å². The summed E-state index contributed by atoms with van der Waals surface area (Å²) in [6, 6.07) is 21.2. The highest BCUT2D eigenvalue weighted by Crippen LogP contribution is 2.48. The molecule has 9 nitrogen and oxygen atoms in total. The van der Waals surface area contributed by atoms with Crippen LogP contribution in [0.1, 0.15) is 43.7 Å². The fraction of sp³-hybridized carbons (Fsp3) is 0.394. The number of rotatable bonds is 9. The predicted octanol–water partition coefficient (Wildman–Crippen LogP) is 5.15. The Balaban J connectivity index is 1.19. The van der Waals surface area contributed by atoms with Gasteiger partial charge in [-0.1, -0.05) is 48.5 Å². The zero-order valence-corrected chi connectivity index (χ0v) is 24.1. The molecule has 3 fully saturated rings. The molecule has 0 spiro atoms. The van der Waals surface area contributed by atoms with Crippen molar-refractivity contribution < 1.29 is 28.9 Å². The number of piperidine rings is 1. The minimum atomic E-state index is -0.518. The molecule has 3 aromatic carbocycles. The van der Waals surface area contributed by atoms with E-state index >= 15 is 0 Å². The van der Waals surface area contributed by atoms with Gasteiger partial charge in [0.05, 0.1) is 24.8 Å². The molecular formula is C33H37N3O6. The van der Waals surface area contributed by atoms with E-state index in [0.717, 1.165) is 29.5 Å². The molecule has 5 atom stereocenters. The third kappa shape index (κ3) is 5.60. The number of benzene rings is 3. The number of ether oxygens (including phenoxy) is 3. The Morgan fingerprint density at radius 3 is 2.45 bits per heavy atom. The van der Waals surface area contributed by atoms with Crippen LogP contribution < -0.4 is 15.4 Å². The van der Waals surface area contributed by atoms with Crippen molar-refractivity contribution in [1.82, 2.24) is 4.90 Å². The first-order chi connectivity index (χ1) is 20.4. The van der Waals surface area contributed by atoms with E-state index in [4.69, 9.17) is 14.2 Å². The smallest absolute Gasteiger partial charge is 0.411 e. The normalized spacial score (nSPS) is 24.8. The Morgan fingerprint density at radius 1 is 1.02 bits per heavy atom. The van der Waals surface area contributed by atoms with Gasteiger partial charge in [-0.15, -0.1) is 0 Å². The van der Waals surface area contributed by atoms with Crippen molar-refractivity contribution in [2.24, 2.45) is 0 Å². The summed E-state index contributed by atoms with van der Waals surface area (Å²) in [4.78, 5) is 28.8. The lowest BCUT2D eigenvalue weighted by Crippen LogP contribution is -2.48. The molecule has 2 amide bonds. The number of aliphatic hydroxyl groups is 1. The van der Waals surface area contributed by atoms with Gasteiger partial charge in [0.25, 0.3) is 0 Å². The van der Waals surface area contributed by atoms with Crippen LogP contribution in [-0.2, 0) is 20.9 Å². The van der Waals surface area contributed by atoms with Crippen molar-refractivity contribution in [2.45, 2.75) is 69.6 Å². The number of carbonyl (C=O) groups excluding carboxylic acids is 2. The van der Waals surface area contributed by atoms with Crippen LogP contribution >= 0.6 is 0 Å². The Bertz CT molecular complexity index is 1450. The van der Waals surface area contributed by atoms with Crippen LogP contribution in [0.2, 0.25) is 0 Å². The highest BCUT2D eigenvalue weighted by atomic mass is 16.6. The first-order valence-electron chi connectivity index (χ1n) is 14.6. The molecule has 3 aromatic rings. The van der Waals surface area contributed by atoms with E-state index in [9.17, 15) is 14.7 Å². The molecule has 5 unspecified atom stereocenters. The van der Waals surface area contributed by atoms with E-state index < -0.39 is 12.0 Å². The highest BCUT2D eigenvalue weighted by Gasteiger charge is 2.62. The number of likely N-dealkylation sites (N-methyl/N-ethyl adjacent to an activating group) is 1. The Hall–Kier alpha value is -3.92. The van der Waals surface area contributed by atoms with E-state index in [1.165, 1.54) is 0 Å². The summed E-state index contributed by atoms with van der Waals surface area (Å²) in [6.07, 6.45) is 1.38. The molecule has 0 aromatic heterocycles. The fourth-order valence-corrected chi connectivity index (χ4v) is 6.35. The second-order valence-electron chi connectivity index (χ2n) is 11.3. The third-order valence-electron chi connectivity index (χ3n) is 8.71. The zero-order valence-electron chi connectivity index (χ0n) is 24.1. The summed E-state index contributed by atoms with van der Waals surface area (Å²) >= 11 is 0. The molecule has 9 heteroatoms. The number of hydrogen-bond acceptors (Lipinski definition) is 7. The number of nitrogens with one attached hydrogen (secondary N) is 2. The molecule has 2 bridgehead atoms. The summed E-state index contributed by atoms with van der Waals surface area (Å²) in [5.41, 5.74) is 4.33. The van der Waals surface area contributed by atoms with Gasteiger partial charge in [-0.3, -0.25) is 15.0 Å². The summed E-state index contributed by atoms with van der Waals surface area (Å²) in [5, 5.41) is 15.5. The van der Waals surface area contributed by atoms with Crippen molar-refractivity contribution in [2.75, 3.05) is 24.3 Å². The Kier molecular flexibility index (Phi) is 7.90. The number of amides is 2. The molecule has 3 saturated heterocycles. The zero-order chi connectivity index (χ0) is 29.4. The first kappa shape index (κ1) is 28.2. The Morgan fingerprint density at radius 2 is 1.76 bits per heavy atom. The number of carbonyl (C=O) groups is 2. The average molecular weight is 572 g/mol. The lowest BCUT2D eigenvalue weighted by atomic mass is 9.95. The largest absolute Gasteiger partial charge is 0.493 e. The van der Waals surface area contributed by atoms with Crippen LogP contribution in [0, 0.1) is 0 Å². The van der Waals surface area contributed by atoms with Gasteiger partial charge in [-0.25, -0.2) is 4.79 Å². The number of epoxide rings is 1. The van der Waals surface area contributed by atoms with Crippen LogP contribution in [0.3, 0.4) is 0 Å². The van der Waals surface area contributed by atoms with Gasteiger partial charge < -0.3 is 24.6 Å². The van der Waals surface area contributed by atoms with E-state index in [-0.39, 0.29) is 30.8 Å². The first-order valence-corrected chi connectivity index (χ1v) is 14.6. The summed E-state index contributed by atoms with van der Waals surface area (Å²) in [5.74, 6) is -0.196. The molecule has 3 aliphatic heterocycles. The molecular weight excluding hydrogens is 534 g/mol. The van der Waals surface area contributed by atoms with Crippen LogP contribution in [0.15, 0.2) is 66.7 Å².